The van der Waals surface area contributed by atoms with Gasteiger partial charge in [0.1, 0.15) is 11.1 Å². The maximum atomic E-state index is 6.01. The van der Waals surface area contributed by atoms with Crippen LogP contribution in [-0.2, 0) is 14.0 Å². The van der Waals surface area contributed by atoms with Crippen molar-refractivity contribution in [1.82, 2.24) is 4.98 Å². The zero-order chi connectivity index (χ0) is 13.7. The molecule has 104 valence electrons. The van der Waals surface area contributed by atoms with Crippen LogP contribution >= 0.6 is 11.3 Å². The third-order valence-corrected chi connectivity index (χ3v) is 5.19. The molecule has 3 heterocycles. The zero-order valence-electron chi connectivity index (χ0n) is 11.9. The molecular formula is C13H20BNO3S. The first-order valence-corrected chi connectivity index (χ1v) is 7.69. The van der Waals surface area contributed by atoms with Crippen LogP contribution in [0.5, 0.6) is 0 Å². The zero-order valence-corrected chi connectivity index (χ0v) is 12.8. The number of rotatable bonds is 2. The van der Waals surface area contributed by atoms with Gasteiger partial charge >= 0.3 is 7.12 Å². The quantitative estimate of drug-likeness (QED) is 0.780. The van der Waals surface area contributed by atoms with Crippen molar-refractivity contribution in [3.05, 3.63) is 10.4 Å². The highest BCUT2D eigenvalue weighted by Crippen LogP contribution is 2.37. The summed E-state index contributed by atoms with van der Waals surface area (Å²) in [7, 11) is -0.364. The fourth-order valence-corrected chi connectivity index (χ4v) is 3.19. The molecule has 2 saturated heterocycles. The van der Waals surface area contributed by atoms with Crippen LogP contribution in [0.3, 0.4) is 0 Å². The highest BCUT2D eigenvalue weighted by molar-refractivity contribution is 7.10. The van der Waals surface area contributed by atoms with Gasteiger partial charge in [-0.05, 0) is 40.5 Å². The van der Waals surface area contributed by atoms with Gasteiger partial charge in [-0.3, -0.25) is 0 Å². The maximum Gasteiger partial charge on any atom is 0.515 e. The highest BCUT2D eigenvalue weighted by Gasteiger charge is 2.52. The molecule has 4 nitrogen and oxygen atoms in total. The summed E-state index contributed by atoms with van der Waals surface area (Å²) in [5.74, 6) is 0. The average Bonchev–Trinajstić information content (AvgIpc) is 3.00. The molecular weight excluding hydrogens is 261 g/mol. The number of hydrogen-bond donors (Lipinski definition) is 0. The summed E-state index contributed by atoms with van der Waals surface area (Å²) in [6.45, 7) is 9.07. The van der Waals surface area contributed by atoms with Gasteiger partial charge in [0.2, 0.25) is 0 Å². The SMILES string of the molecule is CC1(C)OB(c2csc(C3CCCO3)n2)OC1(C)C. The van der Waals surface area contributed by atoms with Crippen LogP contribution in [-0.4, -0.2) is 29.9 Å². The van der Waals surface area contributed by atoms with Crippen molar-refractivity contribution in [2.45, 2.75) is 57.8 Å². The Balaban J connectivity index is 1.77. The summed E-state index contributed by atoms with van der Waals surface area (Å²) in [5.41, 5.74) is 0.241. The lowest BCUT2D eigenvalue weighted by atomic mass is 9.86. The molecule has 0 N–H and O–H groups in total. The lowest BCUT2D eigenvalue weighted by molar-refractivity contribution is 0.00578. The van der Waals surface area contributed by atoms with Crippen molar-refractivity contribution in [3.8, 4) is 0 Å². The fourth-order valence-electron chi connectivity index (χ4n) is 2.29. The number of hydrogen-bond acceptors (Lipinski definition) is 5. The molecule has 0 amide bonds. The summed E-state index contributed by atoms with van der Waals surface area (Å²) in [6.07, 6.45) is 2.35. The molecule has 0 spiro atoms. The highest BCUT2D eigenvalue weighted by atomic mass is 32.1. The van der Waals surface area contributed by atoms with E-state index in [-0.39, 0.29) is 24.4 Å². The summed E-state index contributed by atoms with van der Waals surface area (Å²) in [6, 6.07) is 0. The van der Waals surface area contributed by atoms with E-state index < -0.39 is 0 Å². The van der Waals surface area contributed by atoms with Crippen molar-refractivity contribution in [1.29, 1.82) is 0 Å². The molecule has 0 bridgehead atoms. The van der Waals surface area contributed by atoms with Crippen molar-refractivity contribution < 1.29 is 14.0 Å². The Bertz CT molecular complexity index is 452. The van der Waals surface area contributed by atoms with Gasteiger partial charge in [-0.2, -0.15) is 0 Å². The Hall–Kier alpha value is -0.425. The third-order valence-electron chi connectivity index (χ3n) is 4.24. The summed E-state index contributed by atoms with van der Waals surface area (Å²) in [4.78, 5) is 4.65. The van der Waals surface area contributed by atoms with Gasteiger partial charge < -0.3 is 14.0 Å². The second kappa shape index (κ2) is 4.55. The molecule has 0 aromatic carbocycles. The molecule has 1 aromatic heterocycles. The van der Waals surface area contributed by atoms with E-state index in [0.717, 1.165) is 30.0 Å². The smallest absolute Gasteiger partial charge is 0.398 e. The topological polar surface area (TPSA) is 40.6 Å². The predicted octanol–water partition coefficient (Wildman–Crippen LogP) is 2.29. The first-order valence-electron chi connectivity index (χ1n) is 6.82. The van der Waals surface area contributed by atoms with Gasteiger partial charge in [0.15, 0.2) is 0 Å². The molecule has 0 saturated carbocycles. The number of ether oxygens (including phenoxy) is 1. The van der Waals surface area contributed by atoms with Gasteiger partial charge in [0.25, 0.3) is 0 Å². The van der Waals surface area contributed by atoms with Crippen LogP contribution in [0.2, 0.25) is 0 Å². The molecule has 0 aliphatic carbocycles. The van der Waals surface area contributed by atoms with Crippen molar-refractivity contribution in [3.63, 3.8) is 0 Å². The molecule has 1 unspecified atom stereocenters. The largest absolute Gasteiger partial charge is 0.515 e. The van der Waals surface area contributed by atoms with Crippen LogP contribution in [0.4, 0.5) is 0 Å². The second-order valence-corrected chi connectivity index (χ2v) is 7.09. The van der Waals surface area contributed by atoms with E-state index in [9.17, 15) is 0 Å². The van der Waals surface area contributed by atoms with E-state index in [4.69, 9.17) is 14.0 Å². The van der Waals surface area contributed by atoms with Crippen LogP contribution in [0.25, 0.3) is 0 Å². The summed E-state index contributed by atoms with van der Waals surface area (Å²) in [5, 5.41) is 3.07. The average molecular weight is 281 g/mol. The van der Waals surface area contributed by atoms with Gasteiger partial charge in [0.05, 0.1) is 16.8 Å². The van der Waals surface area contributed by atoms with Gasteiger partial charge in [-0.25, -0.2) is 4.98 Å². The molecule has 1 aromatic rings. The molecule has 0 radical (unpaired) electrons. The Morgan fingerprint density at radius 1 is 1.26 bits per heavy atom. The molecule has 3 rings (SSSR count). The Kier molecular flexibility index (Phi) is 3.25. The fraction of sp³-hybridized carbons (Fsp3) is 0.769. The van der Waals surface area contributed by atoms with Crippen LogP contribution in [0.1, 0.15) is 51.6 Å². The van der Waals surface area contributed by atoms with E-state index in [0.29, 0.717) is 0 Å². The first kappa shape index (κ1) is 13.6. The number of aromatic nitrogens is 1. The molecule has 19 heavy (non-hydrogen) atoms. The Morgan fingerprint density at radius 3 is 2.53 bits per heavy atom. The lowest BCUT2D eigenvalue weighted by Crippen LogP contribution is -2.41. The summed E-state index contributed by atoms with van der Waals surface area (Å²) >= 11 is 1.64. The van der Waals surface area contributed by atoms with Crippen molar-refractivity contribution in [2.24, 2.45) is 0 Å². The minimum absolute atomic E-state index is 0.168. The first-order chi connectivity index (χ1) is 8.89. The van der Waals surface area contributed by atoms with E-state index in [1.807, 2.05) is 5.38 Å². The van der Waals surface area contributed by atoms with Crippen LogP contribution in [0.15, 0.2) is 5.38 Å². The predicted molar refractivity (Wildman–Crippen MR) is 75.8 cm³/mol. The monoisotopic (exact) mass is 281 g/mol. The second-order valence-electron chi connectivity index (χ2n) is 6.20. The normalized spacial score (nSPS) is 29.1. The Labute approximate surface area is 118 Å². The molecule has 6 heteroatoms. The van der Waals surface area contributed by atoms with E-state index >= 15 is 0 Å². The van der Waals surface area contributed by atoms with E-state index in [1.54, 1.807) is 11.3 Å². The van der Waals surface area contributed by atoms with Crippen LogP contribution in [0, 0.1) is 0 Å². The number of nitrogens with zero attached hydrogens (tertiary/aromatic N) is 1. The van der Waals surface area contributed by atoms with Crippen LogP contribution < -0.4 is 5.59 Å². The minimum atomic E-state index is -0.364. The molecule has 2 aliphatic heterocycles. The standard InChI is InChI=1S/C13H20BNO3S/c1-12(2)13(3,4)18-14(17-12)10-8-19-11(15-10)9-6-5-7-16-9/h8-9H,5-7H2,1-4H3. The summed E-state index contributed by atoms with van der Waals surface area (Å²) < 4.78 is 17.7. The Morgan fingerprint density at radius 2 is 1.95 bits per heavy atom. The minimum Gasteiger partial charge on any atom is -0.398 e. The maximum absolute atomic E-state index is 6.01. The van der Waals surface area contributed by atoms with Gasteiger partial charge in [0, 0.05) is 12.0 Å². The number of thiazole rings is 1. The van der Waals surface area contributed by atoms with Crippen molar-refractivity contribution >= 4 is 24.0 Å². The van der Waals surface area contributed by atoms with Crippen molar-refractivity contribution in [2.75, 3.05) is 6.61 Å². The molecule has 2 fully saturated rings. The lowest BCUT2D eigenvalue weighted by Gasteiger charge is -2.32. The van der Waals surface area contributed by atoms with Gasteiger partial charge in [-0.1, -0.05) is 0 Å². The molecule has 2 aliphatic rings. The van der Waals surface area contributed by atoms with E-state index in [2.05, 4.69) is 32.7 Å². The van der Waals surface area contributed by atoms with Gasteiger partial charge in [-0.15, -0.1) is 11.3 Å². The third kappa shape index (κ3) is 2.35. The molecule has 1 atom stereocenters. The van der Waals surface area contributed by atoms with E-state index in [1.165, 1.54) is 0 Å².